The maximum Gasteiger partial charge on any atom is 0.132 e. The van der Waals surface area contributed by atoms with E-state index < -0.39 is 0 Å². The molecular formula is C16H24O2. The Morgan fingerprint density at radius 2 is 1.89 bits per heavy atom. The van der Waals surface area contributed by atoms with Crippen molar-refractivity contribution in [1.82, 2.24) is 0 Å². The second-order valence-corrected chi connectivity index (χ2v) is 5.39. The van der Waals surface area contributed by atoms with Crippen molar-refractivity contribution in [3.63, 3.8) is 0 Å². The molecule has 1 aromatic carbocycles. The van der Waals surface area contributed by atoms with Crippen LogP contribution < -0.4 is 4.74 Å². The minimum Gasteiger partial charge on any atom is -0.496 e. The van der Waals surface area contributed by atoms with Gasteiger partial charge in [0.15, 0.2) is 0 Å². The molecule has 0 spiro atoms. The number of ketones is 1. The minimum atomic E-state index is 0.0807. The number of benzene rings is 1. The van der Waals surface area contributed by atoms with Crippen LogP contribution in [0.5, 0.6) is 5.75 Å². The lowest BCUT2D eigenvalue weighted by atomic mass is 9.90. The molecule has 0 N–H and O–H groups in total. The van der Waals surface area contributed by atoms with Crippen molar-refractivity contribution in [3.8, 4) is 5.75 Å². The van der Waals surface area contributed by atoms with Gasteiger partial charge in [-0.2, -0.15) is 0 Å². The molecule has 0 saturated heterocycles. The number of carbonyl (C=O) groups is 1. The summed E-state index contributed by atoms with van der Waals surface area (Å²) in [6, 6.07) is 4.27. The normalized spacial score (nSPS) is 12.6. The van der Waals surface area contributed by atoms with E-state index in [0.717, 1.165) is 12.2 Å². The Morgan fingerprint density at radius 1 is 1.28 bits per heavy atom. The zero-order valence-electron chi connectivity index (χ0n) is 12.3. The minimum absolute atomic E-state index is 0.0807. The molecule has 1 unspecified atom stereocenters. The van der Waals surface area contributed by atoms with Gasteiger partial charge >= 0.3 is 0 Å². The summed E-state index contributed by atoms with van der Waals surface area (Å²) in [5, 5.41) is 0. The molecule has 0 saturated carbocycles. The highest BCUT2D eigenvalue weighted by atomic mass is 16.5. The number of aryl methyl sites for hydroxylation is 1. The number of rotatable bonds is 5. The molecule has 0 heterocycles. The van der Waals surface area contributed by atoms with E-state index in [-0.39, 0.29) is 11.7 Å². The van der Waals surface area contributed by atoms with Gasteiger partial charge in [-0.25, -0.2) is 0 Å². The van der Waals surface area contributed by atoms with Gasteiger partial charge in [0.05, 0.1) is 7.11 Å². The van der Waals surface area contributed by atoms with Gasteiger partial charge < -0.3 is 4.74 Å². The summed E-state index contributed by atoms with van der Waals surface area (Å²) in [6.07, 6.45) is 0.810. The maximum atomic E-state index is 11.4. The molecule has 1 rings (SSSR count). The zero-order valence-corrected chi connectivity index (χ0v) is 12.3. The second kappa shape index (κ2) is 6.03. The van der Waals surface area contributed by atoms with Crippen LogP contribution >= 0.6 is 0 Å². The fourth-order valence-electron chi connectivity index (χ4n) is 2.07. The fourth-order valence-corrected chi connectivity index (χ4v) is 2.07. The third-order valence-electron chi connectivity index (χ3n) is 3.53. The highest BCUT2D eigenvalue weighted by Gasteiger charge is 2.14. The van der Waals surface area contributed by atoms with E-state index in [0.29, 0.717) is 5.92 Å². The standard InChI is InChI=1S/C16H24O2/c1-10(2)15-9-14(7-11(3)13(5)17)12(4)8-16(15)18-6/h8-11H,7H2,1-6H3. The van der Waals surface area contributed by atoms with E-state index in [9.17, 15) is 4.79 Å². The predicted molar refractivity (Wildman–Crippen MR) is 75.4 cm³/mol. The van der Waals surface area contributed by atoms with E-state index in [1.165, 1.54) is 16.7 Å². The van der Waals surface area contributed by atoms with Crippen LogP contribution in [0.25, 0.3) is 0 Å². The molecule has 0 aromatic heterocycles. The zero-order chi connectivity index (χ0) is 13.9. The van der Waals surface area contributed by atoms with Crippen LogP contribution in [0.2, 0.25) is 0 Å². The smallest absolute Gasteiger partial charge is 0.132 e. The third kappa shape index (κ3) is 3.34. The number of Topliss-reactive ketones (excluding diaryl/α,β-unsaturated/α-hetero) is 1. The van der Waals surface area contributed by atoms with Crippen LogP contribution in [0, 0.1) is 12.8 Å². The number of ether oxygens (including phenoxy) is 1. The Kier molecular flexibility index (Phi) is 4.94. The molecule has 1 aromatic rings. The Labute approximate surface area is 110 Å². The van der Waals surface area contributed by atoms with E-state index in [2.05, 4.69) is 32.9 Å². The highest BCUT2D eigenvalue weighted by molar-refractivity contribution is 5.78. The molecule has 0 aliphatic rings. The molecule has 100 valence electrons. The quantitative estimate of drug-likeness (QED) is 0.790. The van der Waals surface area contributed by atoms with E-state index in [1.807, 2.05) is 6.92 Å². The largest absolute Gasteiger partial charge is 0.496 e. The first kappa shape index (κ1) is 14.7. The molecule has 2 heteroatoms. The highest BCUT2D eigenvalue weighted by Crippen LogP contribution is 2.30. The van der Waals surface area contributed by atoms with Crippen molar-refractivity contribution in [2.75, 3.05) is 7.11 Å². The van der Waals surface area contributed by atoms with Crippen LogP contribution in [0.4, 0.5) is 0 Å². The van der Waals surface area contributed by atoms with Gasteiger partial charge in [0.1, 0.15) is 11.5 Å². The Balaban J connectivity index is 3.13. The van der Waals surface area contributed by atoms with Gasteiger partial charge in [0.25, 0.3) is 0 Å². The molecule has 0 radical (unpaired) electrons. The molecule has 0 bridgehead atoms. The van der Waals surface area contributed by atoms with Crippen LogP contribution in [-0.4, -0.2) is 12.9 Å². The lowest BCUT2D eigenvalue weighted by Gasteiger charge is -2.17. The number of methoxy groups -OCH3 is 1. The fraction of sp³-hybridized carbons (Fsp3) is 0.562. The molecule has 18 heavy (non-hydrogen) atoms. The summed E-state index contributed by atoms with van der Waals surface area (Å²) < 4.78 is 5.43. The van der Waals surface area contributed by atoms with Crippen molar-refractivity contribution >= 4 is 5.78 Å². The first-order valence-corrected chi connectivity index (χ1v) is 6.54. The summed E-state index contributed by atoms with van der Waals surface area (Å²) in [4.78, 5) is 11.4. The van der Waals surface area contributed by atoms with Crippen LogP contribution in [-0.2, 0) is 11.2 Å². The summed E-state index contributed by atoms with van der Waals surface area (Å²) >= 11 is 0. The summed E-state index contributed by atoms with van der Waals surface area (Å²) in [5.41, 5.74) is 3.67. The summed E-state index contributed by atoms with van der Waals surface area (Å²) in [5.74, 6) is 1.70. The van der Waals surface area contributed by atoms with Gasteiger partial charge in [-0.3, -0.25) is 4.79 Å². The van der Waals surface area contributed by atoms with E-state index in [4.69, 9.17) is 4.74 Å². The van der Waals surface area contributed by atoms with Crippen molar-refractivity contribution in [2.45, 2.75) is 47.0 Å². The van der Waals surface area contributed by atoms with E-state index >= 15 is 0 Å². The SMILES string of the molecule is COc1cc(C)c(CC(C)C(C)=O)cc1C(C)C. The topological polar surface area (TPSA) is 26.3 Å². The Morgan fingerprint density at radius 3 is 2.33 bits per heavy atom. The second-order valence-electron chi connectivity index (χ2n) is 5.39. The average molecular weight is 248 g/mol. The van der Waals surface area contributed by atoms with E-state index in [1.54, 1.807) is 14.0 Å². The Hall–Kier alpha value is -1.31. The summed E-state index contributed by atoms with van der Waals surface area (Å²) in [7, 11) is 1.71. The van der Waals surface area contributed by atoms with Crippen molar-refractivity contribution in [1.29, 1.82) is 0 Å². The molecule has 1 atom stereocenters. The number of carbonyl (C=O) groups excluding carboxylic acids is 1. The van der Waals surface area contributed by atoms with Gasteiger partial charge in [0, 0.05) is 5.92 Å². The molecule has 2 nitrogen and oxygen atoms in total. The third-order valence-corrected chi connectivity index (χ3v) is 3.53. The Bertz CT molecular complexity index is 433. The molecule has 0 aliphatic carbocycles. The molecule has 0 aliphatic heterocycles. The van der Waals surface area contributed by atoms with Crippen LogP contribution in [0.15, 0.2) is 12.1 Å². The average Bonchev–Trinajstić information content (AvgIpc) is 2.30. The molecule has 0 fully saturated rings. The lowest BCUT2D eigenvalue weighted by molar-refractivity contribution is -0.120. The maximum absolute atomic E-state index is 11.4. The summed E-state index contributed by atoms with van der Waals surface area (Å²) in [6.45, 7) is 10.0. The number of hydrogen-bond acceptors (Lipinski definition) is 2. The van der Waals surface area contributed by atoms with Crippen LogP contribution in [0.3, 0.4) is 0 Å². The molecular weight excluding hydrogens is 224 g/mol. The first-order valence-electron chi connectivity index (χ1n) is 6.54. The van der Waals surface area contributed by atoms with Crippen molar-refractivity contribution in [3.05, 3.63) is 28.8 Å². The van der Waals surface area contributed by atoms with Gasteiger partial charge in [0.2, 0.25) is 0 Å². The van der Waals surface area contributed by atoms with Crippen molar-refractivity contribution in [2.24, 2.45) is 5.92 Å². The van der Waals surface area contributed by atoms with Crippen molar-refractivity contribution < 1.29 is 9.53 Å². The van der Waals surface area contributed by atoms with Crippen LogP contribution in [0.1, 0.15) is 50.3 Å². The monoisotopic (exact) mass is 248 g/mol. The first-order chi connectivity index (χ1) is 8.36. The van der Waals surface area contributed by atoms with Gasteiger partial charge in [-0.1, -0.05) is 26.8 Å². The lowest BCUT2D eigenvalue weighted by Crippen LogP contribution is -2.11. The van der Waals surface area contributed by atoms with Gasteiger partial charge in [-0.05, 0) is 48.9 Å². The number of hydrogen-bond donors (Lipinski definition) is 0. The predicted octanol–water partition coefficient (Wildman–Crippen LogP) is 3.89. The molecule has 0 amide bonds. The van der Waals surface area contributed by atoms with Gasteiger partial charge in [-0.15, -0.1) is 0 Å².